The van der Waals surface area contributed by atoms with Gasteiger partial charge in [0.2, 0.25) is 11.8 Å². The molecule has 6 nitrogen and oxygen atoms in total. The first-order chi connectivity index (χ1) is 8.79. The van der Waals surface area contributed by atoms with Crippen LogP contribution in [0.5, 0.6) is 0 Å². The maximum Gasteiger partial charge on any atom is 0.226 e. The van der Waals surface area contributed by atoms with Gasteiger partial charge in [-0.05, 0) is 25.7 Å². The van der Waals surface area contributed by atoms with Crippen LogP contribution < -0.4 is 5.32 Å². The number of aliphatic hydroxyl groups excluding tert-OH is 1. The van der Waals surface area contributed by atoms with Crippen LogP contribution in [-0.4, -0.2) is 34.3 Å². The fourth-order valence-corrected chi connectivity index (χ4v) is 1.67. The minimum Gasteiger partial charge on any atom is -0.396 e. The summed E-state index contributed by atoms with van der Waals surface area (Å²) in [5, 5.41) is 15.2. The minimum atomic E-state index is 0.00498. The first-order valence-corrected chi connectivity index (χ1v) is 6.49. The summed E-state index contributed by atoms with van der Waals surface area (Å²) in [5.74, 6) is 1.95. The number of amides is 1. The molecule has 0 aromatic carbocycles. The zero-order chi connectivity index (χ0) is 12.8. The molecule has 18 heavy (non-hydrogen) atoms. The van der Waals surface area contributed by atoms with Crippen molar-refractivity contribution in [3.05, 3.63) is 11.7 Å². The molecule has 1 aliphatic rings. The predicted octanol–water partition coefficient (Wildman–Crippen LogP) is 0.768. The molecule has 1 aliphatic carbocycles. The van der Waals surface area contributed by atoms with Crippen LogP contribution in [0.2, 0.25) is 0 Å². The molecule has 2 N–H and O–H groups in total. The Morgan fingerprint density at radius 2 is 2.28 bits per heavy atom. The minimum absolute atomic E-state index is 0.00498. The zero-order valence-electron chi connectivity index (χ0n) is 10.4. The lowest BCUT2D eigenvalue weighted by molar-refractivity contribution is -0.121. The average molecular weight is 253 g/mol. The van der Waals surface area contributed by atoms with Gasteiger partial charge in [-0.15, -0.1) is 0 Å². The first-order valence-electron chi connectivity index (χ1n) is 6.49. The van der Waals surface area contributed by atoms with Gasteiger partial charge < -0.3 is 14.9 Å². The molecule has 0 bridgehead atoms. The second-order valence-electron chi connectivity index (χ2n) is 4.60. The molecule has 0 radical (unpaired) electrons. The fraction of sp³-hybridized carbons (Fsp3) is 0.750. The molecule has 0 spiro atoms. The molecule has 0 aliphatic heterocycles. The van der Waals surface area contributed by atoms with Gasteiger partial charge in [-0.25, -0.2) is 0 Å². The second kappa shape index (κ2) is 6.49. The SMILES string of the molecule is O=C(CCCc1nc(C2CC2)no1)NCCCO. The third-order valence-corrected chi connectivity index (χ3v) is 2.88. The summed E-state index contributed by atoms with van der Waals surface area (Å²) in [6.45, 7) is 0.633. The lowest BCUT2D eigenvalue weighted by Gasteiger charge is -2.02. The van der Waals surface area contributed by atoms with E-state index in [1.165, 1.54) is 0 Å². The monoisotopic (exact) mass is 253 g/mol. The molecule has 0 unspecified atom stereocenters. The summed E-state index contributed by atoms with van der Waals surface area (Å²) in [4.78, 5) is 15.7. The Bertz CT molecular complexity index is 388. The molecule has 6 heteroatoms. The highest BCUT2D eigenvalue weighted by Gasteiger charge is 2.28. The van der Waals surface area contributed by atoms with Crippen LogP contribution in [0.1, 0.15) is 49.7 Å². The van der Waals surface area contributed by atoms with Gasteiger partial charge >= 0.3 is 0 Å². The molecular weight excluding hydrogens is 234 g/mol. The number of aliphatic hydroxyl groups is 1. The van der Waals surface area contributed by atoms with Gasteiger partial charge in [-0.3, -0.25) is 4.79 Å². The van der Waals surface area contributed by atoms with E-state index in [9.17, 15) is 4.79 Å². The van der Waals surface area contributed by atoms with Crippen molar-refractivity contribution in [2.24, 2.45) is 0 Å². The van der Waals surface area contributed by atoms with Crippen molar-refractivity contribution in [2.45, 2.75) is 44.4 Å². The summed E-state index contributed by atoms with van der Waals surface area (Å²) in [5.41, 5.74) is 0. The van der Waals surface area contributed by atoms with Gasteiger partial charge in [0.25, 0.3) is 0 Å². The highest BCUT2D eigenvalue weighted by atomic mass is 16.5. The van der Waals surface area contributed by atoms with Gasteiger partial charge in [-0.1, -0.05) is 5.16 Å². The lowest BCUT2D eigenvalue weighted by Crippen LogP contribution is -2.24. The largest absolute Gasteiger partial charge is 0.396 e. The van der Waals surface area contributed by atoms with Crippen LogP contribution in [0.25, 0.3) is 0 Å². The molecular formula is C12H19N3O3. The van der Waals surface area contributed by atoms with Crippen molar-refractivity contribution in [3.8, 4) is 0 Å². The van der Waals surface area contributed by atoms with E-state index < -0.39 is 0 Å². The number of aromatic nitrogens is 2. The Hall–Kier alpha value is -1.43. The molecule has 1 fully saturated rings. The Kier molecular flexibility index (Phi) is 4.69. The highest BCUT2D eigenvalue weighted by molar-refractivity contribution is 5.75. The van der Waals surface area contributed by atoms with Gasteiger partial charge in [0, 0.05) is 31.9 Å². The number of aryl methyl sites for hydroxylation is 1. The predicted molar refractivity (Wildman–Crippen MR) is 63.9 cm³/mol. The summed E-state index contributed by atoms with van der Waals surface area (Å²) in [7, 11) is 0. The molecule has 1 heterocycles. The van der Waals surface area contributed by atoms with E-state index in [2.05, 4.69) is 15.5 Å². The van der Waals surface area contributed by atoms with Gasteiger partial charge in [0.05, 0.1) is 0 Å². The van der Waals surface area contributed by atoms with E-state index in [0.29, 0.717) is 44.0 Å². The van der Waals surface area contributed by atoms with Gasteiger partial charge in [-0.2, -0.15) is 4.98 Å². The van der Waals surface area contributed by atoms with Gasteiger partial charge in [0.1, 0.15) is 0 Å². The Morgan fingerprint density at radius 3 is 3.00 bits per heavy atom. The van der Waals surface area contributed by atoms with Crippen LogP contribution in [0.15, 0.2) is 4.52 Å². The number of carbonyl (C=O) groups is 1. The summed E-state index contributed by atoms with van der Waals surface area (Å²) >= 11 is 0. The third-order valence-electron chi connectivity index (χ3n) is 2.88. The van der Waals surface area contributed by atoms with Crippen LogP contribution in [0.3, 0.4) is 0 Å². The molecule has 1 saturated carbocycles. The number of carbonyl (C=O) groups excluding carboxylic acids is 1. The zero-order valence-corrected chi connectivity index (χ0v) is 10.4. The smallest absolute Gasteiger partial charge is 0.226 e. The molecule has 1 amide bonds. The number of nitrogens with one attached hydrogen (secondary N) is 1. The van der Waals surface area contributed by atoms with Crippen LogP contribution in [0, 0.1) is 0 Å². The van der Waals surface area contributed by atoms with E-state index in [1.807, 2.05) is 0 Å². The molecule has 100 valence electrons. The quantitative estimate of drug-likeness (QED) is 0.668. The van der Waals surface area contributed by atoms with Crippen molar-refractivity contribution in [1.29, 1.82) is 0 Å². The third kappa shape index (κ3) is 4.10. The molecule has 0 atom stereocenters. The summed E-state index contributed by atoms with van der Waals surface area (Å²) < 4.78 is 5.12. The fourth-order valence-electron chi connectivity index (χ4n) is 1.67. The van der Waals surface area contributed by atoms with E-state index in [1.54, 1.807) is 0 Å². The number of rotatable bonds is 8. The van der Waals surface area contributed by atoms with Gasteiger partial charge in [0.15, 0.2) is 5.82 Å². The van der Waals surface area contributed by atoms with Crippen LogP contribution in [-0.2, 0) is 11.2 Å². The van der Waals surface area contributed by atoms with Crippen molar-refractivity contribution in [1.82, 2.24) is 15.5 Å². The van der Waals surface area contributed by atoms with Crippen LogP contribution >= 0.6 is 0 Å². The molecule has 1 aromatic rings. The van der Waals surface area contributed by atoms with Crippen LogP contribution in [0.4, 0.5) is 0 Å². The maximum atomic E-state index is 11.4. The Morgan fingerprint density at radius 1 is 1.44 bits per heavy atom. The first kappa shape index (κ1) is 13.0. The highest BCUT2D eigenvalue weighted by Crippen LogP contribution is 2.38. The lowest BCUT2D eigenvalue weighted by atomic mass is 10.2. The Labute approximate surface area is 106 Å². The molecule has 0 saturated heterocycles. The molecule has 2 rings (SSSR count). The van der Waals surface area contributed by atoms with Crippen molar-refractivity contribution < 1.29 is 14.4 Å². The number of nitrogens with zero attached hydrogens (tertiary/aromatic N) is 2. The van der Waals surface area contributed by atoms with Crippen molar-refractivity contribution in [2.75, 3.05) is 13.2 Å². The Balaban J connectivity index is 1.60. The number of hydrogen-bond donors (Lipinski definition) is 2. The van der Waals surface area contributed by atoms with E-state index >= 15 is 0 Å². The topological polar surface area (TPSA) is 88.2 Å². The number of hydrogen-bond acceptors (Lipinski definition) is 5. The standard InChI is InChI=1S/C12H19N3O3/c16-8-2-7-13-10(17)3-1-4-11-14-12(15-18-11)9-5-6-9/h9,16H,1-8H2,(H,13,17). The maximum absolute atomic E-state index is 11.4. The summed E-state index contributed by atoms with van der Waals surface area (Å²) in [6.07, 6.45) is 4.72. The van der Waals surface area contributed by atoms with E-state index in [0.717, 1.165) is 18.7 Å². The second-order valence-corrected chi connectivity index (χ2v) is 4.60. The van der Waals surface area contributed by atoms with Crippen molar-refractivity contribution in [3.63, 3.8) is 0 Å². The van der Waals surface area contributed by atoms with E-state index in [-0.39, 0.29) is 12.5 Å². The normalized spacial score (nSPS) is 14.7. The van der Waals surface area contributed by atoms with Crippen molar-refractivity contribution >= 4 is 5.91 Å². The summed E-state index contributed by atoms with van der Waals surface area (Å²) in [6, 6.07) is 0. The average Bonchev–Trinajstić information content (AvgIpc) is 3.10. The molecule has 1 aromatic heterocycles. The van der Waals surface area contributed by atoms with E-state index in [4.69, 9.17) is 9.63 Å².